The number of esters is 1. The van der Waals surface area contributed by atoms with Crippen molar-refractivity contribution in [2.45, 2.75) is 30.3 Å². The van der Waals surface area contributed by atoms with E-state index in [9.17, 15) is 22.8 Å². The number of anilines is 1. The van der Waals surface area contributed by atoms with Crippen LogP contribution in [0, 0.1) is 0 Å². The van der Waals surface area contributed by atoms with Crippen molar-refractivity contribution in [1.82, 2.24) is 4.72 Å². The van der Waals surface area contributed by atoms with Gasteiger partial charge in [0.15, 0.2) is 0 Å². The summed E-state index contributed by atoms with van der Waals surface area (Å²) in [5, 5.41) is 1.78. The van der Waals surface area contributed by atoms with Gasteiger partial charge in [-0.25, -0.2) is 4.79 Å². The van der Waals surface area contributed by atoms with Gasteiger partial charge in [-0.15, -0.1) is 0 Å². The molecule has 0 aliphatic rings. The van der Waals surface area contributed by atoms with Crippen molar-refractivity contribution in [2.75, 3.05) is 19.0 Å². The van der Waals surface area contributed by atoms with Gasteiger partial charge in [0.1, 0.15) is 0 Å². The molecule has 5 nitrogen and oxygen atoms in total. The van der Waals surface area contributed by atoms with Gasteiger partial charge in [-0.1, -0.05) is 6.08 Å². The Kier molecular flexibility index (Phi) is 9.07. The van der Waals surface area contributed by atoms with Crippen LogP contribution in [0.3, 0.4) is 0 Å². The molecule has 0 atom stereocenters. The van der Waals surface area contributed by atoms with Gasteiger partial charge < -0.3 is 10.1 Å². The number of alkyl halides is 3. The topological polar surface area (TPSA) is 67.4 Å². The van der Waals surface area contributed by atoms with E-state index in [1.54, 1.807) is 23.5 Å². The van der Waals surface area contributed by atoms with Crippen molar-refractivity contribution >= 4 is 29.5 Å². The molecule has 0 unspecified atom stereocenters. The van der Waals surface area contributed by atoms with E-state index < -0.39 is 12.1 Å². The zero-order chi connectivity index (χ0) is 18.7. The van der Waals surface area contributed by atoms with Gasteiger partial charge >= 0.3 is 18.1 Å². The molecule has 138 valence electrons. The van der Waals surface area contributed by atoms with Crippen molar-refractivity contribution in [3.63, 3.8) is 0 Å². The van der Waals surface area contributed by atoms with Crippen molar-refractivity contribution < 1.29 is 27.5 Å². The number of allylic oxidation sites excluding steroid dienone is 1. The van der Waals surface area contributed by atoms with Crippen LogP contribution in [0.1, 0.15) is 19.3 Å². The predicted molar refractivity (Wildman–Crippen MR) is 90.0 cm³/mol. The summed E-state index contributed by atoms with van der Waals surface area (Å²) in [6.07, 6.45) is 0.825. The van der Waals surface area contributed by atoms with E-state index >= 15 is 0 Å². The third kappa shape index (κ3) is 9.16. The molecular formula is C16H19F3N2O3S. The Morgan fingerprint density at radius 1 is 1.20 bits per heavy atom. The zero-order valence-electron chi connectivity index (χ0n) is 13.6. The number of hydrogen-bond donors (Lipinski definition) is 2. The summed E-state index contributed by atoms with van der Waals surface area (Å²) in [5.41, 5.74) is 0.0871. The normalized spacial score (nSPS) is 11.5. The molecule has 0 spiro atoms. The molecule has 0 saturated carbocycles. The van der Waals surface area contributed by atoms with Gasteiger partial charge in [0.25, 0.3) is 0 Å². The first-order chi connectivity index (χ1) is 11.8. The lowest BCUT2D eigenvalue weighted by atomic mass is 10.2. The van der Waals surface area contributed by atoms with Crippen LogP contribution in [0.2, 0.25) is 0 Å². The molecule has 0 radical (unpaired) electrons. The van der Waals surface area contributed by atoms with Gasteiger partial charge in [-0.05, 0) is 55.5 Å². The van der Waals surface area contributed by atoms with Crippen LogP contribution < -0.4 is 10.0 Å². The third-order valence-corrected chi connectivity index (χ3v) is 3.77. The fourth-order valence-corrected chi connectivity index (χ4v) is 2.33. The lowest BCUT2D eigenvalue weighted by molar-refractivity contribution is -0.167. The first-order valence-corrected chi connectivity index (χ1v) is 8.27. The molecule has 0 aliphatic heterocycles. The van der Waals surface area contributed by atoms with E-state index in [2.05, 4.69) is 9.46 Å². The van der Waals surface area contributed by atoms with Crippen LogP contribution in [0.15, 0.2) is 41.3 Å². The molecule has 0 bridgehead atoms. The number of methoxy groups -OCH3 is 1. The van der Waals surface area contributed by atoms with E-state index in [-0.39, 0.29) is 11.7 Å². The molecule has 1 rings (SSSR count). The lowest BCUT2D eigenvalue weighted by Crippen LogP contribution is -2.29. The quantitative estimate of drug-likeness (QED) is 0.298. The van der Waals surface area contributed by atoms with Gasteiger partial charge in [0, 0.05) is 23.2 Å². The summed E-state index contributed by atoms with van der Waals surface area (Å²) in [6, 6.07) is 6.04. The minimum Gasteiger partial charge on any atom is -0.466 e. The van der Waals surface area contributed by atoms with Crippen LogP contribution in [0.5, 0.6) is 0 Å². The highest BCUT2D eigenvalue weighted by molar-refractivity contribution is 7.97. The lowest BCUT2D eigenvalue weighted by Gasteiger charge is -2.08. The van der Waals surface area contributed by atoms with Gasteiger partial charge in [-0.2, -0.15) is 13.2 Å². The highest BCUT2D eigenvalue weighted by atomic mass is 32.2. The molecule has 9 heteroatoms. The van der Waals surface area contributed by atoms with E-state index in [1.807, 2.05) is 0 Å². The molecular weight excluding hydrogens is 357 g/mol. The zero-order valence-corrected chi connectivity index (χ0v) is 14.4. The summed E-state index contributed by atoms with van der Waals surface area (Å²) in [4.78, 5) is 22.5. The fourth-order valence-electron chi connectivity index (χ4n) is 1.65. The van der Waals surface area contributed by atoms with E-state index in [0.717, 1.165) is 30.7 Å². The second kappa shape index (κ2) is 10.8. The molecule has 0 saturated heterocycles. The largest absolute Gasteiger partial charge is 0.471 e. The SMILES string of the molecule is COC(=O)/C=C/CCCCNSc1ccc(NC(=O)C(F)(F)F)cc1. The number of carbonyl (C=O) groups excluding carboxylic acids is 2. The van der Waals surface area contributed by atoms with E-state index in [4.69, 9.17) is 0 Å². The molecule has 0 aromatic heterocycles. The molecule has 1 aromatic rings. The second-order valence-electron chi connectivity index (χ2n) is 4.89. The third-order valence-electron chi connectivity index (χ3n) is 2.91. The number of halogens is 3. The van der Waals surface area contributed by atoms with Crippen molar-refractivity contribution in [2.24, 2.45) is 0 Å². The maximum Gasteiger partial charge on any atom is 0.471 e. The molecule has 0 fully saturated rings. The van der Waals surface area contributed by atoms with Crippen molar-refractivity contribution in [3.05, 3.63) is 36.4 Å². The Bertz CT molecular complexity index is 589. The Morgan fingerprint density at radius 3 is 2.48 bits per heavy atom. The second-order valence-corrected chi connectivity index (χ2v) is 5.86. The van der Waals surface area contributed by atoms with Crippen LogP contribution in [-0.4, -0.2) is 31.7 Å². The summed E-state index contributed by atoms with van der Waals surface area (Å²) in [7, 11) is 1.32. The molecule has 0 heterocycles. The van der Waals surface area contributed by atoms with Crippen LogP contribution >= 0.6 is 11.9 Å². The van der Waals surface area contributed by atoms with Crippen molar-refractivity contribution in [1.29, 1.82) is 0 Å². The van der Waals surface area contributed by atoms with Crippen molar-refractivity contribution in [3.8, 4) is 0 Å². The molecule has 1 aromatic carbocycles. The van der Waals surface area contributed by atoms with Crippen LogP contribution in [0.4, 0.5) is 18.9 Å². The van der Waals surface area contributed by atoms with Gasteiger partial charge in [0.05, 0.1) is 7.11 Å². The number of unbranched alkanes of at least 4 members (excludes halogenated alkanes) is 2. The number of benzene rings is 1. The number of nitrogens with one attached hydrogen (secondary N) is 2. The molecule has 2 N–H and O–H groups in total. The predicted octanol–water partition coefficient (Wildman–Crippen LogP) is 3.68. The number of hydrogen-bond acceptors (Lipinski definition) is 5. The van der Waals surface area contributed by atoms with Crippen LogP contribution in [-0.2, 0) is 14.3 Å². The minimum atomic E-state index is -4.90. The summed E-state index contributed by atoms with van der Waals surface area (Å²) >= 11 is 1.35. The maximum absolute atomic E-state index is 12.1. The summed E-state index contributed by atoms with van der Waals surface area (Å²) in [6.45, 7) is 0.739. The maximum atomic E-state index is 12.1. The fraction of sp³-hybridized carbons (Fsp3) is 0.375. The average molecular weight is 376 g/mol. The van der Waals surface area contributed by atoms with Gasteiger partial charge in [-0.3, -0.25) is 9.52 Å². The molecule has 1 amide bonds. The minimum absolute atomic E-state index is 0.0871. The number of carbonyl (C=O) groups is 2. The number of ether oxygens (including phenoxy) is 1. The Labute approximate surface area is 148 Å². The summed E-state index contributed by atoms with van der Waals surface area (Å²) in [5.74, 6) is -2.36. The first-order valence-electron chi connectivity index (χ1n) is 7.45. The molecule has 0 aliphatic carbocycles. The summed E-state index contributed by atoms with van der Waals surface area (Å²) < 4.78 is 44.0. The van der Waals surface area contributed by atoms with E-state index in [0.29, 0.717) is 0 Å². The monoisotopic (exact) mass is 376 g/mol. The van der Waals surface area contributed by atoms with Gasteiger partial charge in [0.2, 0.25) is 0 Å². The Morgan fingerprint density at radius 2 is 1.88 bits per heavy atom. The molecule has 25 heavy (non-hydrogen) atoms. The smallest absolute Gasteiger partial charge is 0.466 e. The number of rotatable bonds is 9. The van der Waals surface area contributed by atoms with E-state index in [1.165, 1.54) is 37.3 Å². The first kappa shape index (κ1) is 21.0. The highest BCUT2D eigenvalue weighted by Crippen LogP contribution is 2.21. The standard InChI is InChI=1S/C16H19F3N2O3S/c1-24-14(22)6-4-2-3-5-11-20-25-13-9-7-12(8-10-13)21-15(23)16(17,18)19/h4,6-10,20H,2-3,5,11H2,1H3,(H,21,23)/b6-4+. The Balaban J connectivity index is 2.21. The Hall–Kier alpha value is -2.00. The number of amides is 1. The average Bonchev–Trinajstić information content (AvgIpc) is 2.57. The van der Waals surface area contributed by atoms with Crippen LogP contribution in [0.25, 0.3) is 0 Å². The highest BCUT2D eigenvalue weighted by Gasteiger charge is 2.38.